The average molecular weight is 262 g/mol. The van der Waals surface area contributed by atoms with Gasteiger partial charge in [0.05, 0.1) is 11.7 Å². The van der Waals surface area contributed by atoms with Gasteiger partial charge in [-0.15, -0.1) is 0 Å². The topological polar surface area (TPSA) is 71.2 Å². The molecule has 1 aliphatic heterocycles. The lowest BCUT2D eigenvalue weighted by Gasteiger charge is -2.23. The molecule has 1 saturated heterocycles. The molecule has 2 rings (SSSR count). The van der Waals surface area contributed by atoms with Crippen LogP contribution < -0.4 is 11.1 Å². The molecule has 0 radical (unpaired) electrons. The van der Waals surface area contributed by atoms with E-state index in [4.69, 9.17) is 5.73 Å². The molecule has 1 unspecified atom stereocenters. The van der Waals surface area contributed by atoms with Crippen LogP contribution in [0.4, 0.5) is 5.69 Å². The number of nitrogen functional groups attached to an aromatic ring is 1. The van der Waals surface area contributed by atoms with Crippen LogP contribution in [0.1, 0.15) is 29.7 Å². The number of pyridine rings is 1. The SMILES string of the molecule is CNC(=O)C1CCCN1Cc1ncc(C)c(N)c1C. The van der Waals surface area contributed by atoms with Crippen molar-refractivity contribution in [1.29, 1.82) is 0 Å². The van der Waals surface area contributed by atoms with Crippen molar-refractivity contribution >= 4 is 11.6 Å². The number of amides is 1. The molecule has 0 spiro atoms. The predicted octanol–water partition coefficient (Wildman–Crippen LogP) is 0.991. The minimum Gasteiger partial charge on any atom is -0.398 e. The first-order chi connectivity index (χ1) is 9.04. The quantitative estimate of drug-likeness (QED) is 0.852. The highest BCUT2D eigenvalue weighted by Gasteiger charge is 2.30. The largest absolute Gasteiger partial charge is 0.398 e. The molecule has 5 heteroatoms. The van der Waals surface area contributed by atoms with Crippen LogP contribution in [-0.4, -0.2) is 35.4 Å². The fraction of sp³-hybridized carbons (Fsp3) is 0.571. The Labute approximate surface area is 114 Å². The number of carbonyl (C=O) groups is 1. The Kier molecular flexibility index (Phi) is 4.04. The van der Waals surface area contributed by atoms with Crippen molar-refractivity contribution in [1.82, 2.24) is 15.2 Å². The molecule has 19 heavy (non-hydrogen) atoms. The number of likely N-dealkylation sites (tertiary alicyclic amines) is 1. The van der Waals surface area contributed by atoms with E-state index in [0.717, 1.165) is 41.9 Å². The number of nitrogens with zero attached hydrogens (tertiary/aromatic N) is 2. The molecule has 1 atom stereocenters. The lowest BCUT2D eigenvalue weighted by Crippen LogP contribution is -2.41. The number of hydrogen-bond donors (Lipinski definition) is 2. The Morgan fingerprint density at radius 2 is 2.32 bits per heavy atom. The number of rotatable bonds is 3. The zero-order valence-electron chi connectivity index (χ0n) is 11.9. The highest BCUT2D eigenvalue weighted by atomic mass is 16.2. The van der Waals surface area contributed by atoms with E-state index in [-0.39, 0.29) is 11.9 Å². The molecule has 0 aliphatic carbocycles. The summed E-state index contributed by atoms with van der Waals surface area (Å²) in [6, 6.07) is -0.0336. The number of nitrogens with two attached hydrogens (primary N) is 1. The van der Waals surface area contributed by atoms with E-state index in [1.54, 1.807) is 7.05 Å². The number of likely N-dealkylation sites (N-methyl/N-ethyl adjacent to an activating group) is 1. The second-order valence-electron chi connectivity index (χ2n) is 5.17. The van der Waals surface area contributed by atoms with Gasteiger partial charge in [-0.25, -0.2) is 0 Å². The van der Waals surface area contributed by atoms with E-state index in [1.165, 1.54) is 0 Å². The van der Waals surface area contributed by atoms with Crippen molar-refractivity contribution in [2.75, 3.05) is 19.3 Å². The maximum absolute atomic E-state index is 11.8. The third kappa shape index (κ3) is 2.71. The van der Waals surface area contributed by atoms with E-state index in [2.05, 4.69) is 15.2 Å². The van der Waals surface area contributed by atoms with Crippen LogP contribution in [0.15, 0.2) is 6.20 Å². The smallest absolute Gasteiger partial charge is 0.237 e. The van der Waals surface area contributed by atoms with Gasteiger partial charge in [0.15, 0.2) is 0 Å². The van der Waals surface area contributed by atoms with Crippen molar-refractivity contribution in [2.24, 2.45) is 0 Å². The standard InChI is InChI=1S/C14H22N4O/c1-9-7-17-11(10(2)13(9)15)8-18-6-4-5-12(18)14(19)16-3/h7,12H,4-6,8H2,1-3H3,(H2,15,17)(H,16,19). The maximum atomic E-state index is 11.8. The average Bonchev–Trinajstić information content (AvgIpc) is 2.87. The van der Waals surface area contributed by atoms with Gasteiger partial charge in [-0.1, -0.05) is 0 Å². The predicted molar refractivity (Wildman–Crippen MR) is 75.6 cm³/mol. The number of aromatic nitrogens is 1. The van der Waals surface area contributed by atoms with Gasteiger partial charge < -0.3 is 11.1 Å². The van der Waals surface area contributed by atoms with E-state index < -0.39 is 0 Å². The van der Waals surface area contributed by atoms with Crippen molar-refractivity contribution < 1.29 is 4.79 Å². The van der Waals surface area contributed by atoms with Crippen molar-refractivity contribution in [2.45, 2.75) is 39.3 Å². The summed E-state index contributed by atoms with van der Waals surface area (Å²) in [7, 11) is 1.69. The molecule has 5 nitrogen and oxygen atoms in total. The van der Waals surface area contributed by atoms with Crippen LogP contribution in [0.5, 0.6) is 0 Å². The monoisotopic (exact) mass is 262 g/mol. The Hall–Kier alpha value is -1.62. The molecule has 0 aromatic carbocycles. The van der Waals surface area contributed by atoms with Crippen LogP contribution in [0, 0.1) is 13.8 Å². The van der Waals surface area contributed by atoms with Gasteiger partial charge in [-0.05, 0) is 44.4 Å². The highest BCUT2D eigenvalue weighted by molar-refractivity contribution is 5.81. The zero-order chi connectivity index (χ0) is 14.0. The number of anilines is 1. The van der Waals surface area contributed by atoms with Crippen molar-refractivity contribution in [3.05, 3.63) is 23.0 Å². The van der Waals surface area contributed by atoms with E-state index >= 15 is 0 Å². The van der Waals surface area contributed by atoms with Crippen LogP contribution in [0.3, 0.4) is 0 Å². The summed E-state index contributed by atoms with van der Waals surface area (Å²) in [6.45, 7) is 5.58. The third-order valence-corrected chi connectivity index (χ3v) is 3.94. The summed E-state index contributed by atoms with van der Waals surface area (Å²) in [4.78, 5) is 18.5. The lowest BCUT2D eigenvalue weighted by atomic mass is 10.1. The third-order valence-electron chi connectivity index (χ3n) is 3.94. The molecule has 1 aromatic heterocycles. The summed E-state index contributed by atoms with van der Waals surface area (Å²) in [6.07, 6.45) is 3.78. The molecule has 0 bridgehead atoms. The second-order valence-corrected chi connectivity index (χ2v) is 5.17. The molecule has 104 valence electrons. The molecular formula is C14H22N4O. The minimum absolute atomic E-state index is 0.0336. The Bertz CT molecular complexity index is 487. The molecule has 1 aromatic rings. The molecule has 1 aliphatic rings. The zero-order valence-corrected chi connectivity index (χ0v) is 11.9. The van der Waals surface area contributed by atoms with Gasteiger partial charge in [-0.2, -0.15) is 0 Å². The first-order valence-electron chi connectivity index (χ1n) is 6.70. The Morgan fingerprint density at radius 3 is 3.00 bits per heavy atom. The van der Waals surface area contributed by atoms with Crippen LogP contribution in [-0.2, 0) is 11.3 Å². The normalized spacial score (nSPS) is 19.6. The van der Waals surface area contributed by atoms with Crippen LogP contribution >= 0.6 is 0 Å². The highest BCUT2D eigenvalue weighted by Crippen LogP contribution is 2.23. The molecule has 3 N–H and O–H groups in total. The fourth-order valence-electron chi connectivity index (χ4n) is 2.62. The Balaban J connectivity index is 2.17. The van der Waals surface area contributed by atoms with Crippen molar-refractivity contribution in [3.8, 4) is 0 Å². The summed E-state index contributed by atoms with van der Waals surface area (Å²) >= 11 is 0. The van der Waals surface area contributed by atoms with E-state index in [0.29, 0.717) is 6.54 Å². The number of aryl methyl sites for hydroxylation is 1. The summed E-state index contributed by atoms with van der Waals surface area (Å²) < 4.78 is 0. The van der Waals surface area contributed by atoms with Gasteiger partial charge in [0, 0.05) is 25.5 Å². The van der Waals surface area contributed by atoms with Gasteiger partial charge in [0.2, 0.25) is 5.91 Å². The first-order valence-corrected chi connectivity index (χ1v) is 6.70. The summed E-state index contributed by atoms with van der Waals surface area (Å²) in [5, 5.41) is 2.73. The first kappa shape index (κ1) is 13.8. The molecule has 0 saturated carbocycles. The van der Waals surface area contributed by atoms with E-state index in [9.17, 15) is 4.79 Å². The fourth-order valence-corrected chi connectivity index (χ4v) is 2.62. The van der Waals surface area contributed by atoms with Gasteiger partial charge in [0.25, 0.3) is 0 Å². The van der Waals surface area contributed by atoms with Gasteiger partial charge in [0.1, 0.15) is 0 Å². The number of carbonyl (C=O) groups excluding carboxylic acids is 1. The number of nitrogens with one attached hydrogen (secondary N) is 1. The lowest BCUT2D eigenvalue weighted by molar-refractivity contribution is -0.125. The van der Waals surface area contributed by atoms with Gasteiger partial charge in [-0.3, -0.25) is 14.7 Å². The van der Waals surface area contributed by atoms with Crippen LogP contribution in [0.2, 0.25) is 0 Å². The summed E-state index contributed by atoms with van der Waals surface area (Å²) in [5.74, 6) is 0.0928. The molecule has 1 fully saturated rings. The molecular weight excluding hydrogens is 240 g/mol. The number of hydrogen-bond acceptors (Lipinski definition) is 4. The minimum atomic E-state index is -0.0336. The second kappa shape index (κ2) is 5.57. The summed E-state index contributed by atoms with van der Waals surface area (Å²) in [5.41, 5.74) is 9.85. The van der Waals surface area contributed by atoms with Crippen LogP contribution in [0.25, 0.3) is 0 Å². The van der Waals surface area contributed by atoms with Gasteiger partial charge >= 0.3 is 0 Å². The maximum Gasteiger partial charge on any atom is 0.237 e. The van der Waals surface area contributed by atoms with E-state index in [1.807, 2.05) is 20.0 Å². The molecule has 1 amide bonds. The molecule has 2 heterocycles. The van der Waals surface area contributed by atoms with Crippen molar-refractivity contribution in [3.63, 3.8) is 0 Å². The Morgan fingerprint density at radius 1 is 1.58 bits per heavy atom.